The highest BCUT2D eigenvalue weighted by atomic mass is 35.5. The molecular formula is C21H25ClN2O3S. The molecule has 1 aliphatic rings. The van der Waals surface area contributed by atoms with Crippen molar-refractivity contribution < 1.29 is 13.2 Å². The van der Waals surface area contributed by atoms with Crippen LogP contribution >= 0.6 is 11.6 Å². The van der Waals surface area contributed by atoms with Crippen LogP contribution in [0.3, 0.4) is 0 Å². The molecule has 5 nitrogen and oxygen atoms in total. The molecule has 0 aliphatic heterocycles. The third-order valence-electron chi connectivity index (χ3n) is 5.04. The number of sulfonamides is 1. The highest BCUT2D eigenvalue weighted by Gasteiger charge is 2.33. The molecule has 150 valence electrons. The Kier molecular flexibility index (Phi) is 6.75. The van der Waals surface area contributed by atoms with Crippen molar-refractivity contribution in [3.05, 3.63) is 59.1 Å². The van der Waals surface area contributed by atoms with Gasteiger partial charge in [-0.1, -0.05) is 48.6 Å². The first-order valence-corrected chi connectivity index (χ1v) is 11.3. The average molecular weight is 421 g/mol. The molecule has 1 amide bonds. The van der Waals surface area contributed by atoms with E-state index in [2.05, 4.69) is 5.32 Å². The Morgan fingerprint density at radius 2 is 1.64 bits per heavy atom. The molecule has 0 spiro atoms. The van der Waals surface area contributed by atoms with Crippen molar-refractivity contribution in [2.45, 2.75) is 50.0 Å². The van der Waals surface area contributed by atoms with Gasteiger partial charge < -0.3 is 5.32 Å². The fourth-order valence-corrected chi connectivity index (χ4v) is 5.27. The SMILES string of the molecule is Cc1ccc(NC(=O)CN(C2CCCCC2)S(=O)(=O)c2ccc(Cl)cc2)cc1. The highest BCUT2D eigenvalue weighted by Crippen LogP contribution is 2.28. The van der Waals surface area contributed by atoms with Crippen LogP contribution < -0.4 is 5.32 Å². The van der Waals surface area contributed by atoms with Crippen LogP contribution in [0.1, 0.15) is 37.7 Å². The molecule has 3 rings (SSSR count). The van der Waals surface area contributed by atoms with Gasteiger partial charge in [-0.2, -0.15) is 4.31 Å². The summed E-state index contributed by atoms with van der Waals surface area (Å²) in [7, 11) is -3.80. The van der Waals surface area contributed by atoms with Crippen molar-refractivity contribution in [2.24, 2.45) is 0 Å². The summed E-state index contributed by atoms with van der Waals surface area (Å²) in [4.78, 5) is 12.8. The molecule has 0 unspecified atom stereocenters. The first kappa shape index (κ1) is 20.8. The number of hydrogen-bond donors (Lipinski definition) is 1. The van der Waals surface area contributed by atoms with Crippen molar-refractivity contribution >= 4 is 33.2 Å². The molecule has 0 radical (unpaired) electrons. The van der Waals surface area contributed by atoms with Crippen LogP contribution in [0.2, 0.25) is 5.02 Å². The molecule has 7 heteroatoms. The number of rotatable bonds is 6. The van der Waals surface area contributed by atoms with Crippen LogP contribution in [-0.2, 0) is 14.8 Å². The molecule has 0 bridgehead atoms. The number of amides is 1. The summed E-state index contributed by atoms with van der Waals surface area (Å²) in [6.45, 7) is 1.76. The third-order valence-corrected chi connectivity index (χ3v) is 7.20. The summed E-state index contributed by atoms with van der Waals surface area (Å²) >= 11 is 5.90. The van der Waals surface area contributed by atoms with E-state index < -0.39 is 10.0 Å². The van der Waals surface area contributed by atoms with E-state index in [-0.39, 0.29) is 23.4 Å². The number of halogens is 1. The molecular weight excluding hydrogens is 396 g/mol. The van der Waals surface area contributed by atoms with Gasteiger partial charge >= 0.3 is 0 Å². The molecule has 1 fully saturated rings. The van der Waals surface area contributed by atoms with Gasteiger partial charge in [-0.3, -0.25) is 4.79 Å². The van der Waals surface area contributed by atoms with E-state index in [0.29, 0.717) is 10.7 Å². The zero-order valence-corrected chi connectivity index (χ0v) is 17.5. The summed E-state index contributed by atoms with van der Waals surface area (Å²) in [5.41, 5.74) is 1.75. The molecule has 2 aromatic carbocycles. The lowest BCUT2D eigenvalue weighted by Crippen LogP contribution is -2.45. The van der Waals surface area contributed by atoms with E-state index in [1.165, 1.54) is 16.4 Å². The van der Waals surface area contributed by atoms with Gasteiger partial charge in [-0.15, -0.1) is 0 Å². The van der Waals surface area contributed by atoms with E-state index in [9.17, 15) is 13.2 Å². The summed E-state index contributed by atoms with van der Waals surface area (Å²) in [6.07, 6.45) is 4.57. The number of carbonyl (C=O) groups excluding carboxylic acids is 1. The van der Waals surface area contributed by atoms with Gasteiger partial charge in [0, 0.05) is 16.8 Å². The predicted octanol–water partition coefficient (Wildman–Crippen LogP) is 4.61. The summed E-state index contributed by atoms with van der Waals surface area (Å²) < 4.78 is 27.9. The standard InChI is InChI=1S/C21H25ClN2O3S/c1-16-7-11-18(12-8-16)23-21(25)15-24(19-5-3-2-4-6-19)28(26,27)20-13-9-17(22)10-14-20/h7-14,19H,2-6,15H2,1H3,(H,23,25). The molecule has 28 heavy (non-hydrogen) atoms. The van der Waals surface area contributed by atoms with Crippen LogP contribution in [0.15, 0.2) is 53.4 Å². The fourth-order valence-electron chi connectivity index (χ4n) is 3.50. The van der Waals surface area contributed by atoms with Gasteiger partial charge in [0.1, 0.15) is 0 Å². The van der Waals surface area contributed by atoms with E-state index in [0.717, 1.165) is 37.7 Å². The topological polar surface area (TPSA) is 66.5 Å². The maximum atomic E-state index is 13.3. The minimum absolute atomic E-state index is 0.158. The Morgan fingerprint density at radius 1 is 1.04 bits per heavy atom. The summed E-state index contributed by atoms with van der Waals surface area (Å²) in [5.74, 6) is -0.341. The minimum atomic E-state index is -3.80. The number of nitrogens with zero attached hydrogens (tertiary/aromatic N) is 1. The Labute approximate surface area is 171 Å². The summed E-state index contributed by atoms with van der Waals surface area (Å²) in [5, 5.41) is 3.28. The first-order chi connectivity index (χ1) is 13.4. The lowest BCUT2D eigenvalue weighted by Gasteiger charge is -2.33. The molecule has 2 aromatic rings. The van der Waals surface area contributed by atoms with E-state index in [1.807, 2.05) is 31.2 Å². The molecule has 1 aliphatic carbocycles. The lowest BCUT2D eigenvalue weighted by molar-refractivity contribution is -0.116. The van der Waals surface area contributed by atoms with Gasteiger partial charge in [-0.05, 0) is 56.2 Å². The molecule has 0 heterocycles. The van der Waals surface area contributed by atoms with Gasteiger partial charge in [0.05, 0.1) is 11.4 Å². The van der Waals surface area contributed by atoms with Crippen molar-refractivity contribution in [3.63, 3.8) is 0 Å². The zero-order chi connectivity index (χ0) is 20.1. The Bertz CT molecular complexity index is 906. The van der Waals surface area contributed by atoms with Gasteiger partial charge in [-0.25, -0.2) is 8.42 Å². The Balaban J connectivity index is 1.83. The lowest BCUT2D eigenvalue weighted by atomic mass is 9.95. The van der Waals surface area contributed by atoms with Crippen LogP contribution in [0, 0.1) is 6.92 Å². The largest absolute Gasteiger partial charge is 0.325 e. The molecule has 0 aromatic heterocycles. The smallest absolute Gasteiger partial charge is 0.243 e. The van der Waals surface area contributed by atoms with Crippen LogP contribution in [0.4, 0.5) is 5.69 Å². The van der Waals surface area contributed by atoms with Crippen molar-refractivity contribution in [1.29, 1.82) is 0 Å². The van der Waals surface area contributed by atoms with Crippen LogP contribution in [0.5, 0.6) is 0 Å². The molecule has 0 saturated heterocycles. The second-order valence-corrected chi connectivity index (χ2v) is 9.54. The molecule has 1 saturated carbocycles. The average Bonchev–Trinajstić information content (AvgIpc) is 2.69. The quantitative estimate of drug-likeness (QED) is 0.741. The maximum Gasteiger partial charge on any atom is 0.243 e. The van der Waals surface area contributed by atoms with E-state index in [1.54, 1.807) is 12.1 Å². The second kappa shape index (κ2) is 9.07. The number of benzene rings is 2. The van der Waals surface area contributed by atoms with Gasteiger partial charge in [0.15, 0.2) is 0 Å². The predicted molar refractivity (Wildman–Crippen MR) is 112 cm³/mol. The summed E-state index contributed by atoms with van der Waals surface area (Å²) in [6, 6.07) is 13.4. The second-order valence-electron chi connectivity index (χ2n) is 7.21. The number of carbonyl (C=O) groups is 1. The molecule has 0 atom stereocenters. The fraction of sp³-hybridized carbons (Fsp3) is 0.381. The monoisotopic (exact) mass is 420 g/mol. The maximum absolute atomic E-state index is 13.3. The normalized spacial score (nSPS) is 15.5. The van der Waals surface area contributed by atoms with Crippen LogP contribution in [0.25, 0.3) is 0 Å². The zero-order valence-electron chi connectivity index (χ0n) is 15.9. The Hall–Kier alpha value is -1.89. The Morgan fingerprint density at radius 3 is 2.25 bits per heavy atom. The number of nitrogens with one attached hydrogen (secondary N) is 1. The van der Waals surface area contributed by atoms with E-state index in [4.69, 9.17) is 11.6 Å². The highest BCUT2D eigenvalue weighted by molar-refractivity contribution is 7.89. The van der Waals surface area contributed by atoms with Gasteiger partial charge in [0.2, 0.25) is 15.9 Å². The number of anilines is 1. The molecule has 1 N–H and O–H groups in total. The number of hydrogen-bond acceptors (Lipinski definition) is 3. The number of aryl methyl sites for hydroxylation is 1. The third kappa shape index (κ3) is 5.13. The van der Waals surface area contributed by atoms with E-state index >= 15 is 0 Å². The van der Waals surface area contributed by atoms with Crippen molar-refractivity contribution in [3.8, 4) is 0 Å². The van der Waals surface area contributed by atoms with Crippen molar-refractivity contribution in [1.82, 2.24) is 4.31 Å². The van der Waals surface area contributed by atoms with Crippen LogP contribution in [-0.4, -0.2) is 31.2 Å². The van der Waals surface area contributed by atoms with Gasteiger partial charge in [0.25, 0.3) is 0 Å². The van der Waals surface area contributed by atoms with Crippen molar-refractivity contribution in [2.75, 3.05) is 11.9 Å². The minimum Gasteiger partial charge on any atom is -0.325 e. The first-order valence-electron chi connectivity index (χ1n) is 9.50.